The summed E-state index contributed by atoms with van der Waals surface area (Å²) in [6.07, 6.45) is 3.28. The zero-order valence-corrected chi connectivity index (χ0v) is 12.0. The summed E-state index contributed by atoms with van der Waals surface area (Å²) < 4.78 is 0. The Kier molecular flexibility index (Phi) is 4.15. The second-order valence-electron chi connectivity index (χ2n) is 5.49. The van der Waals surface area contributed by atoms with Crippen LogP contribution in [0.4, 0.5) is 0 Å². The number of hydrogen-bond donors (Lipinski definition) is 1. The molecule has 3 rings (SSSR count). The van der Waals surface area contributed by atoms with Crippen LogP contribution in [0, 0.1) is 0 Å². The fourth-order valence-corrected chi connectivity index (χ4v) is 2.79. The summed E-state index contributed by atoms with van der Waals surface area (Å²) in [5, 5.41) is 3.41. The number of allylic oxidation sites excluding steroid dienone is 2. The van der Waals surface area contributed by atoms with E-state index in [0.29, 0.717) is 12.3 Å². The highest BCUT2D eigenvalue weighted by molar-refractivity contribution is 5.91. The number of carbonyl (C=O) groups is 1. The topological polar surface area (TPSA) is 29.1 Å². The lowest BCUT2D eigenvalue weighted by Crippen LogP contribution is -2.21. The number of rotatable bonds is 4. The molecule has 1 aliphatic carbocycles. The molecule has 0 spiro atoms. The standard InChI is InChI=1S/C19H19NO/c21-19-12-17(16-9-5-2-6-10-16)11-18(13-19)20-14-15-7-3-1-4-8-15/h1-10,13,17,20H,11-12,14H2. The molecule has 0 amide bonds. The molecule has 0 heterocycles. The Labute approximate surface area is 125 Å². The molecular formula is C19H19NO. The summed E-state index contributed by atoms with van der Waals surface area (Å²) in [5.74, 6) is 0.507. The lowest BCUT2D eigenvalue weighted by Gasteiger charge is -2.23. The van der Waals surface area contributed by atoms with E-state index in [0.717, 1.165) is 18.7 Å². The molecule has 1 N–H and O–H groups in total. The highest BCUT2D eigenvalue weighted by atomic mass is 16.1. The lowest BCUT2D eigenvalue weighted by atomic mass is 9.85. The molecule has 0 saturated carbocycles. The predicted molar refractivity (Wildman–Crippen MR) is 84.8 cm³/mol. The molecule has 2 nitrogen and oxygen atoms in total. The second-order valence-corrected chi connectivity index (χ2v) is 5.49. The molecule has 2 heteroatoms. The second kappa shape index (κ2) is 6.40. The Morgan fingerprint density at radius 1 is 0.905 bits per heavy atom. The SMILES string of the molecule is O=C1C=C(NCc2ccccc2)CC(c2ccccc2)C1. The molecular weight excluding hydrogens is 258 g/mol. The minimum absolute atomic E-state index is 0.214. The first-order chi connectivity index (χ1) is 10.3. The van der Waals surface area contributed by atoms with Gasteiger partial charge in [0.1, 0.15) is 0 Å². The van der Waals surface area contributed by atoms with Crippen molar-refractivity contribution in [1.82, 2.24) is 5.32 Å². The molecule has 2 aromatic rings. The summed E-state index contributed by atoms with van der Waals surface area (Å²) in [6, 6.07) is 20.6. The van der Waals surface area contributed by atoms with Crippen molar-refractivity contribution >= 4 is 5.78 Å². The average molecular weight is 277 g/mol. The van der Waals surface area contributed by atoms with E-state index in [1.165, 1.54) is 11.1 Å². The molecule has 0 aromatic heterocycles. The summed E-state index contributed by atoms with van der Waals surface area (Å²) >= 11 is 0. The van der Waals surface area contributed by atoms with E-state index in [-0.39, 0.29) is 5.78 Å². The number of carbonyl (C=O) groups excluding carboxylic acids is 1. The zero-order valence-electron chi connectivity index (χ0n) is 12.0. The smallest absolute Gasteiger partial charge is 0.158 e. The molecule has 0 bridgehead atoms. The van der Waals surface area contributed by atoms with Crippen LogP contribution >= 0.6 is 0 Å². The highest BCUT2D eigenvalue weighted by Gasteiger charge is 2.21. The molecule has 21 heavy (non-hydrogen) atoms. The van der Waals surface area contributed by atoms with E-state index in [2.05, 4.69) is 29.6 Å². The predicted octanol–water partition coefficient (Wildman–Crippen LogP) is 3.81. The van der Waals surface area contributed by atoms with Crippen LogP contribution in [0.3, 0.4) is 0 Å². The Morgan fingerprint density at radius 3 is 2.29 bits per heavy atom. The first-order valence-electron chi connectivity index (χ1n) is 7.37. The maximum atomic E-state index is 12.0. The Bertz CT molecular complexity index is 631. The van der Waals surface area contributed by atoms with Crippen LogP contribution in [0.25, 0.3) is 0 Å². The van der Waals surface area contributed by atoms with Crippen LogP contribution in [-0.2, 0) is 11.3 Å². The summed E-state index contributed by atoms with van der Waals surface area (Å²) in [6.45, 7) is 0.765. The third-order valence-electron chi connectivity index (χ3n) is 3.88. The Morgan fingerprint density at radius 2 is 1.57 bits per heavy atom. The van der Waals surface area contributed by atoms with Crippen molar-refractivity contribution in [2.24, 2.45) is 0 Å². The Hall–Kier alpha value is -2.35. The van der Waals surface area contributed by atoms with Gasteiger partial charge in [-0.2, -0.15) is 0 Å². The molecule has 2 aromatic carbocycles. The van der Waals surface area contributed by atoms with Gasteiger partial charge in [0.05, 0.1) is 0 Å². The van der Waals surface area contributed by atoms with Gasteiger partial charge in [0, 0.05) is 24.7 Å². The monoisotopic (exact) mass is 277 g/mol. The minimum atomic E-state index is 0.214. The van der Waals surface area contributed by atoms with Crippen LogP contribution in [0.15, 0.2) is 72.4 Å². The minimum Gasteiger partial charge on any atom is -0.384 e. The van der Waals surface area contributed by atoms with Crippen molar-refractivity contribution in [3.63, 3.8) is 0 Å². The molecule has 0 radical (unpaired) electrons. The van der Waals surface area contributed by atoms with Gasteiger partial charge >= 0.3 is 0 Å². The van der Waals surface area contributed by atoms with Crippen molar-refractivity contribution in [2.75, 3.05) is 0 Å². The Balaban J connectivity index is 1.67. The van der Waals surface area contributed by atoms with Crippen molar-refractivity contribution in [3.8, 4) is 0 Å². The number of nitrogens with one attached hydrogen (secondary N) is 1. The molecule has 0 saturated heterocycles. The number of hydrogen-bond acceptors (Lipinski definition) is 2. The van der Waals surface area contributed by atoms with E-state index in [1.54, 1.807) is 6.08 Å². The summed E-state index contributed by atoms with van der Waals surface area (Å²) in [4.78, 5) is 12.0. The summed E-state index contributed by atoms with van der Waals surface area (Å²) in [5.41, 5.74) is 3.52. The van der Waals surface area contributed by atoms with Crippen molar-refractivity contribution < 1.29 is 4.79 Å². The lowest BCUT2D eigenvalue weighted by molar-refractivity contribution is -0.115. The maximum Gasteiger partial charge on any atom is 0.158 e. The van der Waals surface area contributed by atoms with Gasteiger partial charge in [-0.05, 0) is 23.5 Å². The molecule has 0 aliphatic heterocycles. The van der Waals surface area contributed by atoms with Crippen LogP contribution < -0.4 is 5.32 Å². The summed E-state index contributed by atoms with van der Waals surface area (Å²) in [7, 11) is 0. The van der Waals surface area contributed by atoms with Gasteiger partial charge in [-0.15, -0.1) is 0 Å². The van der Waals surface area contributed by atoms with Crippen LogP contribution in [0.1, 0.15) is 29.9 Å². The fourth-order valence-electron chi connectivity index (χ4n) is 2.79. The third-order valence-corrected chi connectivity index (χ3v) is 3.88. The van der Waals surface area contributed by atoms with Gasteiger partial charge in [-0.25, -0.2) is 0 Å². The van der Waals surface area contributed by atoms with Gasteiger partial charge in [0.15, 0.2) is 5.78 Å². The van der Waals surface area contributed by atoms with E-state index in [1.807, 2.05) is 36.4 Å². The molecule has 0 fully saturated rings. The first kappa shape index (κ1) is 13.6. The van der Waals surface area contributed by atoms with Gasteiger partial charge < -0.3 is 5.32 Å². The van der Waals surface area contributed by atoms with Crippen LogP contribution in [-0.4, -0.2) is 5.78 Å². The van der Waals surface area contributed by atoms with E-state index < -0.39 is 0 Å². The fraction of sp³-hybridized carbons (Fsp3) is 0.211. The largest absolute Gasteiger partial charge is 0.384 e. The molecule has 106 valence electrons. The van der Waals surface area contributed by atoms with Gasteiger partial charge in [0.25, 0.3) is 0 Å². The zero-order chi connectivity index (χ0) is 14.5. The van der Waals surface area contributed by atoms with Crippen molar-refractivity contribution in [2.45, 2.75) is 25.3 Å². The first-order valence-corrected chi connectivity index (χ1v) is 7.37. The van der Waals surface area contributed by atoms with E-state index in [4.69, 9.17) is 0 Å². The van der Waals surface area contributed by atoms with E-state index in [9.17, 15) is 4.79 Å². The van der Waals surface area contributed by atoms with Crippen LogP contribution in [0.5, 0.6) is 0 Å². The molecule has 1 atom stereocenters. The van der Waals surface area contributed by atoms with Crippen LogP contribution in [0.2, 0.25) is 0 Å². The van der Waals surface area contributed by atoms with Gasteiger partial charge in [-0.1, -0.05) is 60.7 Å². The third kappa shape index (κ3) is 3.60. The van der Waals surface area contributed by atoms with E-state index >= 15 is 0 Å². The maximum absolute atomic E-state index is 12.0. The molecule has 1 aliphatic rings. The number of benzene rings is 2. The number of ketones is 1. The average Bonchev–Trinajstić information content (AvgIpc) is 2.54. The quantitative estimate of drug-likeness (QED) is 0.920. The molecule has 1 unspecified atom stereocenters. The van der Waals surface area contributed by atoms with Crippen molar-refractivity contribution in [1.29, 1.82) is 0 Å². The van der Waals surface area contributed by atoms with Gasteiger partial charge in [-0.3, -0.25) is 4.79 Å². The normalized spacial score (nSPS) is 18.2. The highest BCUT2D eigenvalue weighted by Crippen LogP contribution is 2.30. The van der Waals surface area contributed by atoms with Crippen molar-refractivity contribution in [3.05, 3.63) is 83.6 Å². The van der Waals surface area contributed by atoms with Gasteiger partial charge in [0.2, 0.25) is 0 Å².